The van der Waals surface area contributed by atoms with E-state index in [0.717, 1.165) is 48.9 Å². The molecule has 0 radical (unpaired) electrons. The largest absolute Gasteiger partial charge is 0.497 e. The summed E-state index contributed by atoms with van der Waals surface area (Å²) in [6.45, 7) is 4.16. The number of ether oxygens (including phenoxy) is 1. The SMILES string of the molecule is COc1ccc(C(=O)Nc2ccc(N3CCN(Cc4ccccc4F)CC3)cc2)cc1. The average Bonchev–Trinajstić information content (AvgIpc) is 2.82. The van der Waals surface area contributed by atoms with Crippen molar-refractivity contribution in [3.63, 3.8) is 0 Å². The van der Waals surface area contributed by atoms with Crippen LogP contribution in [0.4, 0.5) is 15.8 Å². The Labute approximate surface area is 182 Å². The molecule has 3 aromatic carbocycles. The number of nitrogens with zero attached hydrogens (tertiary/aromatic N) is 2. The molecule has 1 heterocycles. The molecule has 0 bridgehead atoms. The molecule has 0 aromatic heterocycles. The fourth-order valence-corrected chi connectivity index (χ4v) is 3.73. The lowest BCUT2D eigenvalue weighted by Gasteiger charge is -2.36. The van der Waals surface area contributed by atoms with Crippen molar-refractivity contribution in [1.29, 1.82) is 0 Å². The summed E-state index contributed by atoms with van der Waals surface area (Å²) in [5, 5.41) is 2.92. The highest BCUT2D eigenvalue weighted by Crippen LogP contribution is 2.21. The van der Waals surface area contributed by atoms with Gasteiger partial charge < -0.3 is 15.0 Å². The number of carbonyl (C=O) groups excluding carboxylic acids is 1. The third-order valence-corrected chi connectivity index (χ3v) is 5.57. The van der Waals surface area contributed by atoms with Crippen LogP contribution in [0.1, 0.15) is 15.9 Å². The maximum absolute atomic E-state index is 13.9. The highest BCUT2D eigenvalue weighted by atomic mass is 19.1. The monoisotopic (exact) mass is 419 g/mol. The summed E-state index contributed by atoms with van der Waals surface area (Å²) >= 11 is 0. The van der Waals surface area contributed by atoms with Crippen LogP contribution in [0.25, 0.3) is 0 Å². The number of rotatable bonds is 6. The minimum Gasteiger partial charge on any atom is -0.497 e. The second-order valence-electron chi connectivity index (χ2n) is 7.58. The van der Waals surface area contributed by atoms with Gasteiger partial charge in [0.2, 0.25) is 0 Å². The summed E-state index contributed by atoms with van der Waals surface area (Å²) in [6.07, 6.45) is 0. The van der Waals surface area contributed by atoms with E-state index in [2.05, 4.69) is 15.1 Å². The third kappa shape index (κ3) is 5.22. The van der Waals surface area contributed by atoms with Crippen molar-refractivity contribution in [1.82, 2.24) is 4.90 Å². The molecule has 160 valence electrons. The molecule has 0 saturated carbocycles. The Hall–Kier alpha value is -3.38. The number of anilines is 2. The maximum atomic E-state index is 13.9. The van der Waals surface area contributed by atoms with Gasteiger partial charge in [0.05, 0.1) is 7.11 Å². The van der Waals surface area contributed by atoms with Gasteiger partial charge in [-0.1, -0.05) is 18.2 Å². The molecule has 0 aliphatic carbocycles. The fourth-order valence-electron chi connectivity index (χ4n) is 3.73. The Balaban J connectivity index is 1.30. The van der Waals surface area contributed by atoms with Gasteiger partial charge in [-0.05, 0) is 54.6 Å². The zero-order valence-electron chi connectivity index (χ0n) is 17.6. The fraction of sp³-hybridized carbons (Fsp3) is 0.240. The molecule has 0 atom stereocenters. The first-order valence-corrected chi connectivity index (χ1v) is 10.4. The van der Waals surface area contributed by atoms with E-state index in [0.29, 0.717) is 12.1 Å². The molecule has 31 heavy (non-hydrogen) atoms. The van der Waals surface area contributed by atoms with Crippen molar-refractivity contribution in [3.05, 3.63) is 89.7 Å². The molecule has 4 rings (SSSR count). The molecule has 1 N–H and O–H groups in total. The number of benzene rings is 3. The number of piperazine rings is 1. The van der Waals surface area contributed by atoms with Crippen molar-refractivity contribution >= 4 is 17.3 Å². The highest BCUT2D eigenvalue weighted by Gasteiger charge is 2.18. The summed E-state index contributed by atoms with van der Waals surface area (Å²) in [5.41, 5.74) is 3.19. The Morgan fingerprint density at radius 3 is 2.26 bits per heavy atom. The summed E-state index contributed by atoms with van der Waals surface area (Å²) in [7, 11) is 1.60. The number of carbonyl (C=O) groups is 1. The second-order valence-corrected chi connectivity index (χ2v) is 7.58. The predicted octanol–water partition coefficient (Wildman–Crippen LogP) is 4.41. The first kappa shape index (κ1) is 20.9. The molecule has 1 aliphatic rings. The molecule has 0 unspecified atom stereocenters. The van der Waals surface area contributed by atoms with Crippen LogP contribution in [0.15, 0.2) is 72.8 Å². The second kappa shape index (κ2) is 9.62. The summed E-state index contributed by atoms with van der Waals surface area (Å²) < 4.78 is 19.0. The molecular weight excluding hydrogens is 393 g/mol. The summed E-state index contributed by atoms with van der Waals surface area (Å²) in [6, 6.07) is 21.9. The minimum absolute atomic E-state index is 0.141. The predicted molar refractivity (Wildman–Crippen MR) is 121 cm³/mol. The van der Waals surface area contributed by atoms with E-state index >= 15 is 0 Å². The molecular formula is C25H26FN3O2. The van der Waals surface area contributed by atoms with Crippen LogP contribution >= 0.6 is 0 Å². The number of methoxy groups -OCH3 is 1. The molecule has 5 nitrogen and oxygen atoms in total. The lowest BCUT2D eigenvalue weighted by molar-refractivity contribution is 0.102. The average molecular weight is 420 g/mol. The standard InChI is InChI=1S/C25H26FN3O2/c1-31-23-12-6-19(7-13-23)25(30)27-21-8-10-22(11-9-21)29-16-14-28(15-17-29)18-20-4-2-3-5-24(20)26/h2-13H,14-18H2,1H3,(H,27,30). The van der Waals surface area contributed by atoms with Crippen molar-refractivity contribution < 1.29 is 13.9 Å². The van der Waals surface area contributed by atoms with Gasteiger partial charge in [-0.25, -0.2) is 4.39 Å². The smallest absolute Gasteiger partial charge is 0.255 e. The number of halogens is 1. The third-order valence-electron chi connectivity index (χ3n) is 5.57. The van der Waals surface area contributed by atoms with E-state index in [1.165, 1.54) is 6.07 Å². The number of amides is 1. The quantitative estimate of drug-likeness (QED) is 0.643. The highest BCUT2D eigenvalue weighted by molar-refractivity contribution is 6.04. The van der Waals surface area contributed by atoms with Gasteiger partial charge in [0.1, 0.15) is 11.6 Å². The number of nitrogens with one attached hydrogen (secondary N) is 1. The Morgan fingerprint density at radius 1 is 0.935 bits per heavy atom. The molecule has 1 amide bonds. The minimum atomic E-state index is -0.155. The van der Waals surface area contributed by atoms with Gasteiger partial charge in [-0.2, -0.15) is 0 Å². The Kier molecular flexibility index (Phi) is 6.48. The van der Waals surface area contributed by atoms with Gasteiger partial charge >= 0.3 is 0 Å². The van der Waals surface area contributed by atoms with E-state index in [4.69, 9.17) is 4.74 Å². The molecule has 1 aliphatic heterocycles. The van der Waals surface area contributed by atoms with Crippen molar-refractivity contribution in [2.45, 2.75) is 6.54 Å². The van der Waals surface area contributed by atoms with Crippen LogP contribution in [0, 0.1) is 5.82 Å². The summed E-state index contributed by atoms with van der Waals surface area (Å²) in [4.78, 5) is 17.0. The zero-order chi connectivity index (χ0) is 21.6. The molecule has 6 heteroatoms. The lowest BCUT2D eigenvalue weighted by atomic mass is 10.1. The van der Waals surface area contributed by atoms with Gasteiger partial charge in [0, 0.05) is 55.2 Å². The van der Waals surface area contributed by atoms with E-state index in [1.54, 1.807) is 37.4 Å². The number of hydrogen-bond acceptors (Lipinski definition) is 4. The van der Waals surface area contributed by atoms with Gasteiger partial charge in [-0.15, -0.1) is 0 Å². The van der Waals surface area contributed by atoms with Crippen LogP contribution in [0.5, 0.6) is 5.75 Å². The van der Waals surface area contributed by atoms with E-state index in [-0.39, 0.29) is 11.7 Å². The Bertz CT molecular complexity index is 1010. The molecule has 0 spiro atoms. The summed E-state index contributed by atoms with van der Waals surface area (Å²) in [5.74, 6) is 0.421. The van der Waals surface area contributed by atoms with E-state index < -0.39 is 0 Å². The molecule has 1 fully saturated rings. The van der Waals surface area contributed by atoms with Crippen LogP contribution in [-0.4, -0.2) is 44.1 Å². The first-order chi connectivity index (χ1) is 15.1. The van der Waals surface area contributed by atoms with Crippen LogP contribution in [0.2, 0.25) is 0 Å². The van der Waals surface area contributed by atoms with Crippen molar-refractivity contribution in [2.75, 3.05) is 43.5 Å². The topological polar surface area (TPSA) is 44.8 Å². The van der Waals surface area contributed by atoms with Crippen molar-refractivity contribution in [3.8, 4) is 5.75 Å². The van der Waals surface area contributed by atoms with Crippen LogP contribution in [-0.2, 0) is 6.54 Å². The maximum Gasteiger partial charge on any atom is 0.255 e. The van der Waals surface area contributed by atoms with Gasteiger partial charge in [0.25, 0.3) is 5.91 Å². The molecule has 1 saturated heterocycles. The first-order valence-electron chi connectivity index (χ1n) is 10.4. The zero-order valence-corrected chi connectivity index (χ0v) is 17.6. The van der Waals surface area contributed by atoms with Crippen LogP contribution in [0.3, 0.4) is 0 Å². The van der Waals surface area contributed by atoms with Gasteiger partial charge in [0.15, 0.2) is 0 Å². The molecule has 3 aromatic rings. The van der Waals surface area contributed by atoms with Crippen LogP contribution < -0.4 is 15.0 Å². The Morgan fingerprint density at radius 2 is 1.61 bits per heavy atom. The number of hydrogen-bond donors (Lipinski definition) is 1. The van der Waals surface area contributed by atoms with Crippen molar-refractivity contribution in [2.24, 2.45) is 0 Å². The lowest BCUT2D eigenvalue weighted by Crippen LogP contribution is -2.46. The normalized spacial score (nSPS) is 14.3. The van der Waals surface area contributed by atoms with E-state index in [9.17, 15) is 9.18 Å². The van der Waals surface area contributed by atoms with E-state index in [1.807, 2.05) is 36.4 Å². The van der Waals surface area contributed by atoms with Gasteiger partial charge in [-0.3, -0.25) is 9.69 Å².